The molecule has 0 bridgehead atoms. The lowest BCUT2D eigenvalue weighted by Crippen LogP contribution is -2.13. The summed E-state index contributed by atoms with van der Waals surface area (Å²) in [5.41, 5.74) is 4.01. The Morgan fingerprint density at radius 3 is 2.53 bits per heavy atom. The van der Waals surface area contributed by atoms with Crippen molar-refractivity contribution < 1.29 is 9.72 Å². The molecule has 7 nitrogen and oxygen atoms in total. The van der Waals surface area contributed by atoms with E-state index in [1.807, 2.05) is 30.6 Å². The second-order valence-electron chi connectivity index (χ2n) is 7.12. The van der Waals surface area contributed by atoms with Gasteiger partial charge in [-0.3, -0.25) is 14.9 Å². The Morgan fingerprint density at radius 1 is 1.19 bits per heavy atom. The van der Waals surface area contributed by atoms with Crippen LogP contribution in [0.25, 0.3) is 11.8 Å². The van der Waals surface area contributed by atoms with Crippen LogP contribution in [0.3, 0.4) is 0 Å². The number of nitrogens with zero attached hydrogens (tertiary/aromatic N) is 3. The Labute approximate surface area is 194 Å². The second kappa shape index (κ2) is 9.27. The number of nitrogens with one attached hydrogen (secondary N) is 1. The number of amides is 1. The van der Waals surface area contributed by atoms with Gasteiger partial charge in [-0.1, -0.05) is 29.3 Å². The van der Waals surface area contributed by atoms with Crippen LogP contribution in [-0.2, 0) is 4.79 Å². The highest BCUT2D eigenvalue weighted by Gasteiger charge is 2.17. The topological polar surface area (TPSA) is 101 Å². The number of carbonyl (C=O) groups is 1. The van der Waals surface area contributed by atoms with Crippen molar-refractivity contribution in [1.82, 2.24) is 4.57 Å². The Bertz CT molecular complexity index is 1320. The number of hydrogen-bond donors (Lipinski definition) is 1. The van der Waals surface area contributed by atoms with Crippen LogP contribution in [0.5, 0.6) is 0 Å². The third-order valence-corrected chi connectivity index (χ3v) is 5.79. The van der Waals surface area contributed by atoms with Crippen molar-refractivity contribution in [2.75, 3.05) is 5.32 Å². The summed E-state index contributed by atoms with van der Waals surface area (Å²) in [6.07, 6.45) is 1.49. The maximum Gasteiger partial charge on any atom is 0.269 e. The number of non-ortho nitro benzene ring substituents is 1. The van der Waals surface area contributed by atoms with Gasteiger partial charge in [-0.15, -0.1) is 0 Å². The minimum atomic E-state index is -0.618. The fourth-order valence-electron chi connectivity index (χ4n) is 3.40. The summed E-state index contributed by atoms with van der Waals surface area (Å²) in [5, 5.41) is 23.7. The molecular formula is C23H18Cl2N4O3. The molecule has 0 saturated heterocycles. The molecule has 9 heteroatoms. The van der Waals surface area contributed by atoms with Crippen molar-refractivity contribution in [3.63, 3.8) is 0 Å². The summed E-state index contributed by atoms with van der Waals surface area (Å²) < 4.78 is 1.92. The Hall–Kier alpha value is -3.60. The van der Waals surface area contributed by atoms with Gasteiger partial charge in [0.15, 0.2) is 0 Å². The predicted molar refractivity (Wildman–Crippen MR) is 125 cm³/mol. The highest BCUT2D eigenvalue weighted by molar-refractivity contribution is 6.44. The van der Waals surface area contributed by atoms with Crippen molar-refractivity contribution >= 4 is 46.6 Å². The first-order valence-electron chi connectivity index (χ1n) is 9.45. The van der Waals surface area contributed by atoms with Gasteiger partial charge >= 0.3 is 0 Å². The molecule has 2 aromatic carbocycles. The van der Waals surface area contributed by atoms with Crippen LogP contribution in [-0.4, -0.2) is 15.4 Å². The molecule has 0 aliphatic rings. The van der Waals surface area contributed by atoms with Crippen LogP contribution in [0, 0.1) is 42.2 Å². The van der Waals surface area contributed by atoms with Crippen LogP contribution in [0.1, 0.15) is 22.5 Å². The standard InChI is InChI=1S/C23H18Cl2N4O3/c1-13-9-18(29(31)32)7-8-21(13)28-14(2)10-16(15(28)3)11-17(12-26)23(30)27-20-6-4-5-19(24)22(20)25/h4-11H,1-3H3,(H,27,30)/b17-11-. The number of aromatic nitrogens is 1. The minimum absolute atomic E-state index is 0.0111. The van der Waals surface area contributed by atoms with E-state index in [0.29, 0.717) is 11.3 Å². The van der Waals surface area contributed by atoms with Crippen molar-refractivity contribution in [3.05, 3.63) is 90.7 Å². The number of rotatable bonds is 5. The Balaban J connectivity index is 1.98. The summed E-state index contributed by atoms with van der Waals surface area (Å²) in [4.78, 5) is 23.3. The van der Waals surface area contributed by atoms with Gasteiger partial charge in [0.1, 0.15) is 11.6 Å². The molecule has 162 valence electrons. The normalized spacial score (nSPS) is 11.2. The molecule has 1 aromatic heterocycles. The zero-order chi connectivity index (χ0) is 23.6. The molecule has 0 aliphatic heterocycles. The van der Waals surface area contributed by atoms with E-state index in [1.54, 1.807) is 31.2 Å². The van der Waals surface area contributed by atoms with Crippen molar-refractivity contribution in [3.8, 4) is 11.8 Å². The van der Waals surface area contributed by atoms with E-state index < -0.39 is 10.8 Å². The molecule has 0 radical (unpaired) electrons. The molecule has 1 heterocycles. The van der Waals surface area contributed by atoms with Gasteiger partial charge in [-0.2, -0.15) is 5.26 Å². The number of carbonyl (C=O) groups excluding carboxylic acids is 1. The summed E-state index contributed by atoms with van der Waals surface area (Å²) in [7, 11) is 0. The van der Waals surface area contributed by atoms with Crippen LogP contribution in [0.4, 0.5) is 11.4 Å². The van der Waals surface area contributed by atoms with Gasteiger partial charge in [-0.25, -0.2) is 0 Å². The average molecular weight is 469 g/mol. The monoisotopic (exact) mass is 468 g/mol. The summed E-state index contributed by atoms with van der Waals surface area (Å²) >= 11 is 12.1. The lowest BCUT2D eigenvalue weighted by molar-refractivity contribution is -0.384. The van der Waals surface area contributed by atoms with Gasteiger partial charge in [0.05, 0.1) is 20.7 Å². The number of halogens is 2. The molecule has 0 fully saturated rings. The van der Waals surface area contributed by atoms with E-state index in [2.05, 4.69) is 5.32 Å². The number of nitriles is 1. The van der Waals surface area contributed by atoms with E-state index >= 15 is 0 Å². The maximum absolute atomic E-state index is 12.7. The number of aryl methyl sites for hydroxylation is 2. The third kappa shape index (κ3) is 4.52. The summed E-state index contributed by atoms with van der Waals surface area (Å²) in [6, 6.07) is 13.2. The van der Waals surface area contributed by atoms with Crippen LogP contribution < -0.4 is 5.32 Å². The molecule has 32 heavy (non-hydrogen) atoms. The lowest BCUT2D eigenvalue weighted by Gasteiger charge is -2.12. The number of hydrogen-bond acceptors (Lipinski definition) is 4. The first-order chi connectivity index (χ1) is 15.1. The van der Waals surface area contributed by atoms with E-state index in [-0.39, 0.29) is 21.3 Å². The highest BCUT2D eigenvalue weighted by Crippen LogP contribution is 2.30. The maximum atomic E-state index is 12.7. The molecule has 1 amide bonds. The van der Waals surface area contributed by atoms with Gasteiger partial charge in [0, 0.05) is 29.2 Å². The molecule has 3 aromatic rings. The molecule has 0 aliphatic carbocycles. The Kier molecular flexibility index (Phi) is 6.68. The molecular weight excluding hydrogens is 451 g/mol. The number of nitro benzene ring substituents is 1. The molecule has 1 N–H and O–H groups in total. The van der Waals surface area contributed by atoms with Crippen LogP contribution in [0.2, 0.25) is 10.0 Å². The fourth-order valence-corrected chi connectivity index (χ4v) is 3.75. The predicted octanol–water partition coefficient (Wildman–Crippen LogP) is 6.16. The van der Waals surface area contributed by atoms with E-state index in [4.69, 9.17) is 23.2 Å². The van der Waals surface area contributed by atoms with Crippen molar-refractivity contribution in [2.24, 2.45) is 0 Å². The molecule has 3 rings (SSSR count). The zero-order valence-corrected chi connectivity index (χ0v) is 19.0. The zero-order valence-electron chi connectivity index (χ0n) is 17.4. The summed E-state index contributed by atoms with van der Waals surface area (Å²) in [5.74, 6) is -0.618. The number of anilines is 1. The van der Waals surface area contributed by atoms with Crippen LogP contribution >= 0.6 is 23.2 Å². The Morgan fingerprint density at radius 2 is 1.91 bits per heavy atom. The van der Waals surface area contributed by atoms with E-state index in [0.717, 1.165) is 22.6 Å². The van der Waals surface area contributed by atoms with E-state index in [9.17, 15) is 20.2 Å². The van der Waals surface area contributed by atoms with Crippen LogP contribution in [0.15, 0.2) is 48.0 Å². The first kappa shape index (κ1) is 23.1. The smallest absolute Gasteiger partial charge is 0.269 e. The van der Waals surface area contributed by atoms with Gasteiger partial charge in [-0.05, 0) is 62.2 Å². The first-order valence-corrected chi connectivity index (χ1v) is 10.2. The minimum Gasteiger partial charge on any atom is -0.320 e. The molecule has 0 spiro atoms. The third-order valence-electron chi connectivity index (χ3n) is 4.97. The van der Waals surface area contributed by atoms with Gasteiger partial charge in [0.2, 0.25) is 0 Å². The molecule has 0 atom stereocenters. The van der Waals surface area contributed by atoms with Crippen molar-refractivity contribution in [1.29, 1.82) is 5.26 Å². The molecule has 0 saturated carbocycles. The molecule has 0 unspecified atom stereocenters. The van der Waals surface area contributed by atoms with Crippen molar-refractivity contribution in [2.45, 2.75) is 20.8 Å². The number of nitro groups is 1. The van der Waals surface area contributed by atoms with Gasteiger partial charge in [0.25, 0.3) is 11.6 Å². The highest BCUT2D eigenvalue weighted by atomic mass is 35.5. The average Bonchev–Trinajstić information content (AvgIpc) is 3.02. The number of benzene rings is 2. The quantitative estimate of drug-likeness (QED) is 0.209. The largest absolute Gasteiger partial charge is 0.320 e. The van der Waals surface area contributed by atoms with Gasteiger partial charge < -0.3 is 9.88 Å². The summed E-state index contributed by atoms with van der Waals surface area (Å²) in [6.45, 7) is 5.52. The lowest BCUT2D eigenvalue weighted by atomic mass is 10.1. The van der Waals surface area contributed by atoms with E-state index in [1.165, 1.54) is 18.2 Å². The SMILES string of the molecule is Cc1cc([N+](=O)[O-])ccc1-n1c(C)cc(/C=C(/C#N)C(=O)Nc2cccc(Cl)c2Cl)c1C. The second-order valence-corrected chi connectivity index (χ2v) is 7.90. The fraction of sp³-hybridized carbons (Fsp3) is 0.130.